The number of hydrogen-bond acceptors (Lipinski definition) is 6. The van der Waals surface area contributed by atoms with Gasteiger partial charge in [-0.15, -0.1) is 0 Å². The van der Waals surface area contributed by atoms with Crippen LogP contribution < -0.4 is 5.32 Å². The van der Waals surface area contributed by atoms with Crippen molar-refractivity contribution < 1.29 is 22.7 Å². The number of ether oxygens (including phenoxy) is 1. The Bertz CT molecular complexity index is 685. The summed E-state index contributed by atoms with van der Waals surface area (Å²) in [7, 11) is -3.05. The Hall–Kier alpha value is -1.80. The van der Waals surface area contributed by atoms with Crippen LogP contribution >= 0.6 is 11.8 Å². The highest BCUT2D eigenvalue weighted by Crippen LogP contribution is 2.17. The molecule has 1 atom stereocenters. The quantitative estimate of drug-likeness (QED) is 0.468. The van der Waals surface area contributed by atoms with Crippen LogP contribution in [0, 0.1) is 0 Å². The van der Waals surface area contributed by atoms with Gasteiger partial charge >= 0.3 is 5.97 Å². The molecule has 0 unspecified atom stereocenters. The molecule has 1 aromatic rings. The minimum atomic E-state index is -3.05. The summed E-state index contributed by atoms with van der Waals surface area (Å²) < 4.78 is 27.4. The lowest BCUT2D eigenvalue weighted by atomic mass is 10.2. The number of amides is 1. The van der Waals surface area contributed by atoms with E-state index in [1.807, 2.05) is 30.3 Å². The number of carbonyl (C=O) groups excluding carboxylic acids is 2. The fraction of sp³-hybridized carbons (Fsp3) is 0.333. The average molecular weight is 355 g/mol. The lowest BCUT2D eigenvalue weighted by molar-refractivity contribution is -0.144. The minimum Gasteiger partial charge on any atom is -0.452 e. The maximum Gasteiger partial charge on any atom is 0.331 e. The number of esters is 1. The monoisotopic (exact) mass is 355 g/mol. The highest BCUT2D eigenvalue weighted by Gasteiger charge is 2.28. The molecule has 23 heavy (non-hydrogen) atoms. The predicted octanol–water partition coefficient (Wildman–Crippen LogP) is 1.14. The second-order valence-electron chi connectivity index (χ2n) is 5.01. The van der Waals surface area contributed by atoms with Gasteiger partial charge in [-0.1, -0.05) is 30.0 Å². The second-order valence-corrected chi connectivity index (χ2v) is 8.22. The molecule has 1 N–H and O–H groups in total. The Kier molecular flexibility index (Phi) is 6.23. The van der Waals surface area contributed by atoms with Crippen molar-refractivity contribution >= 4 is 33.5 Å². The highest BCUT2D eigenvalue weighted by molar-refractivity contribution is 8.02. The Labute approximate surface area is 139 Å². The predicted molar refractivity (Wildman–Crippen MR) is 87.6 cm³/mol. The molecule has 0 radical (unpaired) electrons. The summed E-state index contributed by atoms with van der Waals surface area (Å²) in [6.07, 6.45) is 1.64. The van der Waals surface area contributed by atoms with E-state index in [1.54, 1.807) is 5.41 Å². The molecule has 1 aliphatic heterocycles. The summed E-state index contributed by atoms with van der Waals surface area (Å²) in [5, 5.41) is 4.13. The number of rotatable bonds is 6. The highest BCUT2D eigenvalue weighted by atomic mass is 32.2. The van der Waals surface area contributed by atoms with Gasteiger partial charge in [-0.05, 0) is 24.0 Å². The van der Waals surface area contributed by atoms with Gasteiger partial charge in [0, 0.05) is 17.0 Å². The van der Waals surface area contributed by atoms with Crippen molar-refractivity contribution in [2.24, 2.45) is 0 Å². The van der Waals surface area contributed by atoms with Crippen LogP contribution in [0.1, 0.15) is 6.42 Å². The molecule has 1 amide bonds. The summed E-state index contributed by atoms with van der Waals surface area (Å²) in [5.41, 5.74) is 0. The standard InChI is InChI=1S/C15H17NO5S2/c17-14(16-12-7-9-23(19,20)11-12)10-21-15(18)6-8-22-13-4-2-1-3-5-13/h1-6,8,12H,7,9-11H2,(H,16,17)/b8-6+/t12-/m1/s1. The molecule has 1 aromatic carbocycles. The van der Waals surface area contributed by atoms with E-state index in [-0.39, 0.29) is 11.5 Å². The van der Waals surface area contributed by atoms with Gasteiger partial charge in [0.25, 0.3) is 5.91 Å². The third kappa shape index (κ3) is 6.45. The van der Waals surface area contributed by atoms with Crippen molar-refractivity contribution in [2.45, 2.75) is 17.4 Å². The van der Waals surface area contributed by atoms with Crippen molar-refractivity contribution in [3.8, 4) is 0 Å². The molecular formula is C15H17NO5S2. The summed E-state index contributed by atoms with van der Waals surface area (Å²) in [6, 6.07) is 9.10. The number of benzene rings is 1. The maximum absolute atomic E-state index is 11.6. The van der Waals surface area contributed by atoms with Crippen LogP contribution in [0.25, 0.3) is 0 Å². The van der Waals surface area contributed by atoms with E-state index in [4.69, 9.17) is 4.74 Å². The Balaban J connectivity index is 1.67. The summed E-state index contributed by atoms with van der Waals surface area (Å²) in [4.78, 5) is 24.1. The van der Waals surface area contributed by atoms with Gasteiger partial charge in [0.1, 0.15) is 0 Å². The van der Waals surface area contributed by atoms with E-state index < -0.39 is 34.4 Å². The zero-order chi connectivity index (χ0) is 16.7. The minimum absolute atomic E-state index is 0.0553. The molecule has 0 aromatic heterocycles. The van der Waals surface area contributed by atoms with Crippen LogP contribution in [-0.2, 0) is 24.2 Å². The third-order valence-corrected chi connectivity index (χ3v) is 5.68. The first-order valence-corrected chi connectivity index (χ1v) is 9.69. The van der Waals surface area contributed by atoms with Gasteiger partial charge in [0.05, 0.1) is 11.5 Å². The number of sulfone groups is 1. The van der Waals surface area contributed by atoms with E-state index in [9.17, 15) is 18.0 Å². The maximum atomic E-state index is 11.6. The molecule has 0 bridgehead atoms. The molecular weight excluding hydrogens is 338 g/mol. The number of thioether (sulfide) groups is 1. The molecule has 1 heterocycles. The lowest BCUT2D eigenvalue weighted by Crippen LogP contribution is -2.38. The Morgan fingerprint density at radius 1 is 1.30 bits per heavy atom. The van der Waals surface area contributed by atoms with Crippen LogP contribution in [-0.4, -0.2) is 44.4 Å². The van der Waals surface area contributed by atoms with E-state index in [0.29, 0.717) is 6.42 Å². The van der Waals surface area contributed by atoms with Gasteiger partial charge in [-0.3, -0.25) is 4.79 Å². The summed E-state index contributed by atoms with van der Waals surface area (Å²) in [5.74, 6) is -1.09. The van der Waals surface area contributed by atoms with Crippen LogP contribution in [0.15, 0.2) is 46.7 Å². The Morgan fingerprint density at radius 3 is 2.70 bits per heavy atom. The van der Waals surface area contributed by atoms with Crippen LogP contribution in [0.4, 0.5) is 0 Å². The average Bonchev–Trinajstić information content (AvgIpc) is 2.85. The van der Waals surface area contributed by atoms with E-state index in [0.717, 1.165) is 4.90 Å². The largest absolute Gasteiger partial charge is 0.452 e. The molecule has 0 saturated carbocycles. The van der Waals surface area contributed by atoms with Crippen molar-refractivity contribution in [2.75, 3.05) is 18.1 Å². The van der Waals surface area contributed by atoms with E-state index >= 15 is 0 Å². The SMILES string of the molecule is O=C(COC(=O)/C=C/Sc1ccccc1)N[C@@H]1CCS(=O)(=O)C1. The van der Waals surface area contributed by atoms with Gasteiger partial charge in [0.2, 0.25) is 0 Å². The van der Waals surface area contributed by atoms with Crippen LogP contribution in [0.2, 0.25) is 0 Å². The first-order chi connectivity index (χ1) is 10.9. The molecule has 2 rings (SSSR count). The van der Waals surface area contributed by atoms with Gasteiger partial charge in [-0.25, -0.2) is 13.2 Å². The summed E-state index contributed by atoms with van der Waals surface area (Å²) in [6.45, 7) is -0.421. The van der Waals surface area contributed by atoms with Crippen LogP contribution in [0.5, 0.6) is 0 Å². The second kappa shape index (κ2) is 8.16. The first-order valence-electron chi connectivity index (χ1n) is 6.99. The van der Waals surface area contributed by atoms with Crippen molar-refractivity contribution in [3.05, 3.63) is 41.8 Å². The molecule has 0 aliphatic carbocycles. The zero-order valence-corrected chi connectivity index (χ0v) is 13.9. The third-order valence-electron chi connectivity index (χ3n) is 3.09. The molecule has 0 spiro atoms. The van der Waals surface area contributed by atoms with E-state index in [2.05, 4.69) is 5.32 Å². The van der Waals surface area contributed by atoms with Gasteiger partial charge < -0.3 is 10.1 Å². The molecule has 124 valence electrons. The van der Waals surface area contributed by atoms with Gasteiger partial charge in [-0.2, -0.15) is 0 Å². The fourth-order valence-electron chi connectivity index (χ4n) is 2.03. The number of hydrogen-bond donors (Lipinski definition) is 1. The van der Waals surface area contributed by atoms with Crippen molar-refractivity contribution in [3.63, 3.8) is 0 Å². The Morgan fingerprint density at radius 2 is 2.04 bits per heavy atom. The molecule has 1 fully saturated rings. The summed E-state index contributed by atoms with van der Waals surface area (Å²) >= 11 is 1.36. The molecule has 1 aliphatic rings. The first kappa shape index (κ1) is 17.6. The normalized spacial score (nSPS) is 19.6. The molecule has 8 heteroatoms. The lowest BCUT2D eigenvalue weighted by Gasteiger charge is -2.10. The van der Waals surface area contributed by atoms with E-state index in [1.165, 1.54) is 17.8 Å². The van der Waals surface area contributed by atoms with Crippen molar-refractivity contribution in [1.29, 1.82) is 0 Å². The van der Waals surface area contributed by atoms with Gasteiger partial charge in [0.15, 0.2) is 16.4 Å². The topological polar surface area (TPSA) is 89.5 Å². The van der Waals surface area contributed by atoms with Crippen molar-refractivity contribution in [1.82, 2.24) is 5.32 Å². The molecule has 1 saturated heterocycles. The zero-order valence-electron chi connectivity index (χ0n) is 12.3. The fourth-order valence-corrected chi connectivity index (χ4v) is 4.35. The van der Waals surface area contributed by atoms with Crippen LogP contribution in [0.3, 0.4) is 0 Å². The number of nitrogens with one attached hydrogen (secondary N) is 1. The number of carbonyl (C=O) groups is 2. The smallest absolute Gasteiger partial charge is 0.331 e. The molecule has 6 nitrogen and oxygen atoms in total.